The van der Waals surface area contributed by atoms with Crippen molar-refractivity contribution in [3.8, 4) is 0 Å². The van der Waals surface area contributed by atoms with E-state index in [-0.39, 0.29) is 26.3 Å². The van der Waals surface area contributed by atoms with Gasteiger partial charge in [-0.05, 0) is 27.2 Å². The van der Waals surface area contributed by atoms with E-state index in [1.807, 2.05) is 0 Å². The largest absolute Gasteiger partial charge is 0.480 e. The normalized spacial score (nSPS) is 11.9. The second kappa shape index (κ2) is 7.80. The predicted molar refractivity (Wildman–Crippen MR) is 69.6 cm³/mol. The maximum absolute atomic E-state index is 11.3. The van der Waals surface area contributed by atoms with Gasteiger partial charge in [0.15, 0.2) is 0 Å². The van der Waals surface area contributed by atoms with E-state index in [9.17, 15) is 14.4 Å². The molecule has 0 aromatic rings. The second-order valence-corrected chi connectivity index (χ2v) is 4.54. The molecule has 0 bridgehead atoms. The van der Waals surface area contributed by atoms with Crippen molar-refractivity contribution in [2.45, 2.75) is 45.3 Å². The molecule has 2 amide bonds. The molecule has 7 nitrogen and oxygen atoms in total. The highest BCUT2D eigenvalue weighted by molar-refractivity contribution is 7.59. The third-order valence-electron chi connectivity index (χ3n) is 1.67. The SMILES string of the molecule is CC(C)(C)OC(=O)N[C@@H](CCC(N)=O)C(=O)O.S. The Kier molecular flexibility index (Phi) is 8.20. The lowest BCUT2D eigenvalue weighted by Gasteiger charge is -2.21. The lowest BCUT2D eigenvalue weighted by molar-refractivity contribution is -0.139. The molecule has 0 unspecified atom stereocenters. The Labute approximate surface area is 112 Å². The molecule has 0 saturated carbocycles. The molecule has 0 fully saturated rings. The van der Waals surface area contributed by atoms with Crippen LogP contribution in [-0.2, 0) is 14.3 Å². The number of rotatable bonds is 5. The van der Waals surface area contributed by atoms with Gasteiger partial charge < -0.3 is 20.9 Å². The number of ether oxygens (including phenoxy) is 1. The van der Waals surface area contributed by atoms with E-state index in [1.54, 1.807) is 20.8 Å². The van der Waals surface area contributed by atoms with Crippen molar-refractivity contribution in [3.63, 3.8) is 0 Å². The number of carboxylic acid groups (broad SMARTS) is 1. The number of carbonyl (C=O) groups excluding carboxylic acids is 2. The minimum atomic E-state index is -1.24. The summed E-state index contributed by atoms with van der Waals surface area (Å²) in [5, 5.41) is 11.0. The van der Waals surface area contributed by atoms with Crippen molar-refractivity contribution in [3.05, 3.63) is 0 Å². The lowest BCUT2D eigenvalue weighted by Crippen LogP contribution is -2.43. The number of carbonyl (C=O) groups is 3. The summed E-state index contributed by atoms with van der Waals surface area (Å²) in [6.07, 6.45) is -1.02. The summed E-state index contributed by atoms with van der Waals surface area (Å²) in [6.45, 7) is 4.98. The first-order valence-corrected chi connectivity index (χ1v) is 5.12. The third-order valence-corrected chi connectivity index (χ3v) is 1.67. The van der Waals surface area contributed by atoms with Gasteiger partial charge in [-0.1, -0.05) is 0 Å². The highest BCUT2D eigenvalue weighted by atomic mass is 32.1. The fraction of sp³-hybridized carbons (Fsp3) is 0.700. The average Bonchev–Trinajstić information content (AvgIpc) is 2.08. The van der Waals surface area contributed by atoms with Crippen molar-refractivity contribution < 1.29 is 24.2 Å². The van der Waals surface area contributed by atoms with Gasteiger partial charge in [0.05, 0.1) is 0 Å². The zero-order valence-electron chi connectivity index (χ0n) is 10.6. The number of nitrogens with two attached hydrogens (primary N) is 1. The van der Waals surface area contributed by atoms with Crippen LogP contribution in [0.15, 0.2) is 0 Å². The maximum atomic E-state index is 11.3. The standard InChI is InChI=1S/C10H18N2O5.H2S/c1-10(2,3)17-9(16)12-6(8(14)15)4-5-7(11)13;/h6H,4-5H2,1-3H3,(H2,11,13)(H,12,16)(H,14,15);1H2/t6-;/m0./s1. The third kappa shape index (κ3) is 9.76. The molecule has 8 heteroatoms. The van der Waals surface area contributed by atoms with Crippen molar-refractivity contribution in [1.82, 2.24) is 5.32 Å². The minimum Gasteiger partial charge on any atom is -0.480 e. The molecule has 0 aromatic carbocycles. The number of nitrogens with one attached hydrogen (secondary N) is 1. The Bertz CT molecular complexity index is 314. The Morgan fingerprint density at radius 3 is 2.17 bits per heavy atom. The molecule has 0 saturated heterocycles. The number of hydrogen-bond donors (Lipinski definition) is 3. The molecule has 0 aliphatic carbocycles. The number of hydrogen-bond acceptors (Lipinski definition) is 4. The summed E-state index contributed by atoms with van der Waals surface area (Å²) in [4.78, 5) is 32.6. The number of carboxylic acids is 1. The predicted octanol–water partition coefficient (Wildman–Crippen LogP) is 0.343. The van der Waals surface area contributed by atoms with Crippen LogP contribution in [0.5, 0.6) is 0 Å². The van der Waals surface area contributed by atoms with Crippen molar-refractivity contribution >= 4 is 31.5 Å². The first-order chi connectivity index (χ1) is 7.61. The minimum absolute atomic E-state index is 0. The molecule has 0 radical (unpaired) electrons. The molecule has 0 rings (SSSR count). The van der Waals surface area contributed by atoms with Crippen LogP contribution in [0.3, 0.4) is 0 Å². The van der Waals surface area contributed by atoms with Gasteiger partial charge in [0.2, 0.25) is 5.91 Å². The zero-order valence-corrected chi connectivity index (χ0v) is 11.6. The Morgan fingerprint density at radius 1 is 1.33 bits per heavy atom. The van der Waals surface area contributed by atoms with Crippen LogP contribution in [0.2, 0.25) is 0 Å². The van der Waals surface area contributed by atoms with Gasteiger partial charge in [0.25, 0.3) is 0 Å². The maximum Gasteiger partial charge on any atom is 0.408 e. The average molecular weight is 280 g/mol. The van der Waals surface area contributed by atoms with Crippen LogP contribution in [-0.4, -0.2) is 34.7 Å². The monoisotopic (exact) mass is 280 g/mol. The number of amides is 2. The zero-order chi connectivity index (χ0) is 13.6. The van der Waals surface area contributed by atoms with Crippen molar-refractivity contribution in [2.75, 3.05) is 0 Å². The molecule has 0 aliphatic rings. The fourth-order valence-electron chi connectivity index (χ4n) is 0.994. The van der Waals surface area contributed by atoms with E-state index in [0.29, 0.717) is 0 Å². The molecule has 0 aliphatic heterocycles. The van der Waals surface area contributed by atoms with Gasteiger partial charge in [-0.25, -0.2) is 9.59 Å². The number of aliphatic carboxylic acids is 1. The Hall–Kier alpha value is -1.44. The van der Waals surface area contributed by atoms with Gasteiger partial charge in [0.1, 0.15) is 11.6 Å². The summed E-state index contributed by atoms with van der Waals surface area (Å²) < 4.78 is 4.90. The van der Waals surface area contributed by atoms with Crippen LogP contribution >= 0.6 is 13.5 Å². The van der Waals surface area contributed by atoms with E-state index >= 15 is 0 Å². The highest BCUT2D eigenvalue weighted by Crippen LogP contribution is 2.07. The van der Waals surface area contributed by atoms with Crippen LogP contribution < -0.4 is 11.1 Å². The molecular formula is C10H20N2O5S. The Balaban J connectivity index is 0. The van der Waals surface area contributed by atoms with Gasteiger partial charge in [-0.2, -0.15) is 13.5 Å². The summed E-state index contributed by atoms with van der Waals surface area (Å²) in [5.41, 5.74) is 4.19. The van der Waals surface area contributed by atoms with Gasteiger partial charge in [0, 0.05) is 6.42 Å². The van der Waals surface area contributed by atoms with E-state index in [1.165, 1.54) is 0 Å². The van der Waals surface area contributed by atoms with Gasteiger partial charge >= 0.3 is 12.1 Å². The first kappa shape index (κ1) is 18.9. The summed E-state index contributed by atoms with van der Waals surface area (Å²) >= 11 is 0. The summed E-state index contributed by atoms with van der Waals surface area (Å²) in [5.74, 6) is -1.86. The van der Waals surface area contributed by atoms with Crippen molar-refractivity contribution in [1.29, 1.82) is 0 Å². The van der Waals surface area contributed by atoms with Crippen molar-refractivity contribution in [2.24, 2.45) is 5.73 Å². The molecule has 4 N–H and O–H groups in total. The smallest absolute Gasteiger partial charge is 0.408 e. The number of alkyl carbamates (subject to hydrolysis) is 1. The highest BCUT2D eigenvalue weighted by Gasteiger charge is 2.23. The summed E-state index contributed by atoms with van der Waals surface area (Å²) in [7, 11) is 0. The van der Waals surface area contributed by atoms with Gasteiger partial charge in [-0.15, -0.1) is 0 Å². The number of primary amides is 1. The molecule has 0 heterocycles. The topological polar surface area (TPSA) is 119 Å². The molecule has 0 spiro atoms. The van der Waals surface area contributed by atoms with E-state index < -0.39 is 29.6 Å². The molecule has 106 valence electrons. The molecular weight excluding hydrogens is 260 g/mol. The van der Waals surface area contributed by atoms with Crippen LogP contribution in [0.4, 0.5) is 4.79 Å². The van der Waals surface area contributed by atoms with Crippen LogP contribution in [0.1, 0.15) is 33.6 Å². The van der Waals surface area contributed by atoms with Crippen LogP contribution in [0.25, 0.3) is 0 Å². The molecule has 18 heavy (non-hydrogen) atoms. The lowest BCUT2D eigenvalue weighted by atomic mass is 10.1. The summed E-state index contributed by atoms with van der Waals surface area (Å²) in [6, 6.07) is -1.18. The van der Waals surface area contributed by atoms with E-state index in [4.69, 9.17) is 15.6 Å². The Morgan fingerprint density at radius 2 is 1.83 bits per heavy atom. The quantitative estimate of drug-likeness (QED) is 0.671. The van der Waals surface area contributed by atoms with Gasteiger partial charge in [-0.3, -0.25) is 4.79 Å². The molecule has 1 atom stereocenters. The second-order valence-electron chi connectivity index (χ2n) is 4.54. The molecule has 0 aromatic heterocycles. The van der Waals surface area contributed by atoms with Crippen LogP contribution in [0, 0.1) is 0 Å². The fourth-order valence-corrected chi connectivity index (χ4v) is 0.994. The first-order valence-electron chi connectivity index (χ1n) is 5.12. The van der Waals surface area contributed by atoms with E-state index in [0.717, 1.165) is 0 Å². The van der Waals surface area contributed by atoms with E-state index in [2.05, 4.69) is 5.32 Å².